The molecule has 3 atom stereocenters. The van der Waals surface area contributed by atoms with Crippen LogP contribution in [0.4, 0.5) is 0 Å². The lowest BCUT2D eigenvalue weighted by Crippen LogP contribution is -2.52. The maximum absolute atomic E-state index is 12.2. The number of ether oxygens (including phenoxy) is 1. The highest BCUT2D eigenvalue weighted by Gasteiger charge is 2.28. The summed E-state index contributed by atoms with van der Waals surface area (Å²) in [4.78, 5) is 25.0. The zero-order valence-electron chi connectivity index (χ0n) is 12.7. The van der Waals surface area contributed by atoms with Gasteiger partial charge in [-0.3, -0.25) is 14.5 Å². The Morgan fingerprint density at radius 2 is 2.10 bits per heavy atom. The van der Waals surface area contributed by atoms with Crippen molar-refractivity contribution in [3.8, 4) is 0 Å². The van der Waals surface area contributed by atoms with Crippen LogP contribution in [0.1, 0.15) is 39.0 Å². The molecule has 0 aromatic carbocycles. The van der Waals surface area contributed by atoms with Gasteiger partial charge in [0.15, 0.2) is 0 Å². The number of amides is 1. The summed E-state index contributed by atoms with van der Waals surface area (Å²) in [7, 11) is 0. The third-order valence-corrected chi connectivity index (χ3v) is 4.56. The molecule has 1 aliphatic carbocycles. The molecule has 6 heteroatoms. The minimum atomic E-state index is -0.850. The summed E-state index contributed by atoms with van der Waals surface area (Å²) < 4.78 is 5.33. The van der Waals surface area contributed by atoms with Crippen LogP contribution in [0.25, 0.3) is 0 Å². The lowest BCUT2D eigenvalue weighted by Gasteiger charge is -2.35. The Bertz CT molecular complexity index is 375. The molecule has 0 radical (unpaired) electrons. The summed E-state index contributed by atoms with van der Waals surface area (Å²) >= 11 is 0. The second-order valence-corrected chi connectivity index (χ2v) is 6.23. The van der Waals surface area contributed by atoms with Gasteiger partial charge in [0.2, 0.25) is 5.91 Å². The number of nitrogens with one attached hydrogen (secondary N) is 1. The van der Waals surface area contributed by atoms with Crippen molar-refractivity contribution in [1.29, 1.82) is 0 Å². The number of hydrogen-bond acceptors (Lipinski definition) is 4. The van der Waals surface area contributed by atoms with Crippen molar-refractivity contribution in [2.75, 3.05) is 26.3 Å². The van der Waals surface area contributed by atoms with Crippen LogP contribution in [0, 0.1) is 5.92 Å². The molecular formula is C15H26N2O4. The van der Waals surface area contributed by atoms with Gasteiger partial charge in [-0.2, -0.15) is 0 Å². The number of morpholine rings is 1. The third kappa shape index (κ3) is 4.97. The lowest BCUT2D eigenvalue weighted by molar-refractivity contribution is -0.141. The molecule has 3 unspecified atom stereocenters. The summed E-state index contributed by atoms with van der Waals surface area (Å²) in [6.07, 6.45) is 4.66. The lowest BCUT2D eigenvalue weighted by atomic mass is 9.86. The van der Waals surface area contributed by atoms with Crippen molar-refractivity contribution >= 4 is 11.9 Å². The van der Waals surface area contributed by atoms with Crippen LogP contribution >= 0.6 is 0 Å². The van der Waals surface area contributed by atoms with E-state index in [9.17, 15) is 9.59 Å². The Labute approximate surface area is 125 Å². The summed E-state index contributed by atoms with van der Waals surface area (Å²) in [6.45, 7) is 4.02. The largest absolute Gasteiger partial charge is 0.481 e. The average molecular weight is 298 g/mol. The van der Waals surface area contributed by atoms with Gasteiger partial charge >= 0.3 is 5.97 Å². The Morgan fingerprint density at radius 3 is 2.81 bits per heavy atom. The predicted octanol–water partition coefficient (Wildman–Crippen LogP) is 0.857. The van der Waals surface area contributed by atoms with Gasteiger partial charge in [-0.25, -0.2) is 0 Å². The minimum Gasteiger partial charge on any atom is -0.481 e. The van der Waals surface area contributed by atoms with Crippen molar-refractivity contribution in [1.82, 2.24) is 10.2 Å². The van der Waals surface area contributed by atoms with E-state index in [0.717, 1.165) is 6.42 Å². The first-order valence-electron chi connectivity index (χ1n) is 7.89. The normalized spacial score (nSPS) is 30.8. The summed E-state index contributed by atoms with van der Waals surface area (Å²) in [5.41, 5.74) is 0. The molecule has 0 aromatic heterocycles. The van der Waals surface area contributed by atoms with Gasteiger partial charge in [0.25, 0.3) is 0 Å². The number of rotatable bonds is 5. The van der Waals surface area contributed by atoms with Gasteiger partial charge in [-0.05, 0) is 18.8 Å². The Kier molecular flexibility index (Phi) is 5.99. The van der Waals surface area contributed by atoms with Crippen LogP contribution in [-0.4, -0.2) is 60.3 Å². The van der Waals surface area contributed by atoms with Gasteiger partial charge in [-0.1, -0.05) is 19.8 Å². The molecular weight excluding hydrogens is 272 g/mol. The Morgan fingerprint density at radius 1 is 1.33 bits per heavy atom. The summed E-state index contributed by atoms with van der Waals surface area (Å²) in [6, 6.07) is 0.0657. The van der Waals surface area contributed by atoms with E-state index >= 15 is 0 Å². The van der Waals surface area contributed by atoms with Crippen LogP contribution in [0.15, 0.2) is 0 Å². The van der Waals surface area contributed by atoms with Crippen LogP contribution in [0.5, 0.6) is 0 Å². The van der Waals surface area contributed by atoms with Crippen LogP contribution < -0.4 is 5.32 Å². The van der Waals surface area contributed by atoms with Gasteiger partial charge in [0.1, 0.15) is 0 Å². The summed E-state index contributed by atoms with van der Waals surface area (Å²) in [5.74, 6) is -0.315. The molecule has 1 saturated carbocycles. The van der Waals surface area contributed by atoms with Crippen LogP contribution in [-0.2, 0) is 14.3 Å². The highest BCUT2D eigenvalue weighted by Crippen LogP contribution is 2.23. The van der Waals surface area contributed by atoms with E-state index in [4.69, 9.17) is 9.84 Å². The Hall–Kier alpha value is -1.14. The number of aliphatic carboxylic acids is 1. The molecule has 0 spiro atoms. The zero-order chi connectivity index (χ0) is 15.2. The quantitative estimate of drug-likeness (QED) is 0.787. The molecule has 6 nitrogen and oxygen atoms in total. The molecule has 2 fully saturated rings. The molecule has 2 rings (SSSR count). The van der Waals surface area contributed by atoms with Crippen molar-refractivity contribution < 1.29 is 19.4 Å². The monoisotopic (exact) mass is 298 g/mol. The van der Waals surface area contributed by atoms with Gasteiger partial charge in [-0.15, -0.1) is 0 Å². The first-order valence-corrected chi connectivity index (χ1v) is 7.89. The number of nitrogens with zero attached hydrogens (tertiary/aromatic N) is 1. The van der Waals surface area contributed by atoms with Crippen molar-refractivity contribution in [3.63, 3.8) is 0 Å². The van der Waals surface area contributed by atoms with Gasteiger partial charge in [0, 0.05) is 18.6 Å². The number of carboxylic acids is 1. The van der Waals surface area contributed by atoms with E-state index in [1.54, 1.807) is 0 Å². The molecule has 120 valence electrons. The molecule has 0 aromatic rings. The maximum Gasteiger partial charge on any atom is 0.305 e. The van der Waals surface area contributed by atoms with Crippen molar-refractivity contribution in [2.24, 2.45) is 5.92 Å². The number of carbonyl (C=O) groups is 2. The average Bonchev–Trinajstić information content (AvgIpc) is 2.43. The fraction of sp³-hybridized carbons (Fsp3) is 0.867. The second-order valence-electron chi connectivity index (χ2n) is 6.23. The van der Waals surface area contributed by atoms with Crippen LogP contribution in [0.3, 0.4) is 0 Å². The number of carboxylic acid groups (broad SMARTS) is 1. The molecule has 1 heterocycles. The molecule has 1 saturated heterocycles. The van der Waals surface area contributed by atoms with E-state index in [-0.39, 0.29) is 31.0 Å². The fourth-order valence-corrected chi connectivity index (χ4v) is 3.25. The molecule has 21 heavy (non-hydrogen) atoms. The highest BCUT2D eigenvalue weighted by atomic mass is 16.5. The summed E-state index contributed by atoms with van der Waals surface area (Å²) in [5, 5.41) is 12.1. The molecule has 1 aliphatic heterocycles. The first kappa shape index (κ1) is 16.2. The first-order chi connectivity index (χ1) is 10.1. The Balaban J connectivity index is 1.83. The maximum atomic E-state index is 12.2. The fourth-order valence-electron chi connectivity index (χ4n) is 3.25. The smallest absolute Gasteiger partial charge is 0.305 e. The predicted molar refractivity (Wildman–Crippen MR) is 78.0 cm³/mol. The topological polar surface area (TPSA) is 78.9 Å². The third-order valence-electron chi connectivity index (χ3n) is 4.56. The van der Waals surface area contributed by atoms with Crippen molar-refractivity contribution in [3.05, 3.63) is 0 Å². The van der Waals surface area contributed by atoms with Crippen molar-refractivity contribution in [2.45, 2.75) is 51.1 Å². The van der Waals surface area contributed by atoms with E-state index in [2.05, 4.69) is 12.2 Å². The molecule has 0 bridgehead atoms. The van der Waals surface area contributed by atoms with Crippen LogP contribution in [0.2, 0.25) is 0 Å². The van der Waals surface area contributed by atoms with E-state index < -0.39 is 5.97 Å². The van der Waals surface area contributed by atoms with E-state index in [1.807, 2.05) is 4.90 Å². The number of hydrogen-bond donors (Lipinski definition) is 2. The number of carbonyl (C=O) groups excluding carboxylic acids is 1. The molecule has 2 N–H and O–H groups in total. The molecule has 2 aliphatic rings. The van der Waals surface area contributed by atoms with E-state index in [0.29, 0.717) is 25.7 Å². The van der Waals surface area contributed by atoms with Gasteiger partial charge in [0.05, 0.1) is 26.2 Å². The zero-order valence-corrected chi connectivity index (χ0v) is 12.7. The van der Waals surface area contributed by atoms with Gasteiger partial charge < -0.3 is 15.2 Å². The second kappa shape index (κ2) is 7.75. The highest BCUT2D eigenvalue weighted by molar-refractivity contribution is 5.78. The standard InChI is InChI=1S/C15H26N2O4/c1-11-4-2-3-5-13(11)16-14(18)9-17-6-7-21-10-12(17)8-15(19)20/h11-13H,2-10H2,1H3,(H,16,18)(H,19,20). The SMILES string of the molecule is CC1CCCCC1NC(=O)CN1CCOCC1CC(=O)O. The van der Waals surface area contributed by atoms with E-state index in [1.165, 1.54) is 19.3 Å². The molecule has 1 amide bonds. The minimum absolute atomic E-state index is 0.00559.